The van der Waals surface area contributed by atoms with E-state index in [1.807, 2.05) is 30.3 Å². The third kappa shape index (κ3) is 6.15. The first-order valence-electron chi connectivity index (χ1n) is 6.64. The number of rotatable bonds is 8. The molecule has 7 nitrogen and oxygen atoms in total. The van der Waals surface area contributed by atoms with Crippen molar-refractivity contribution in [3.8, 4) is 0 Å². The number of benzene rings is 1. The second-order valence-corrected chi connectivity index (χ2v) is 5.02. The topological polar surface area (TPSA) is 122 Å². The fraction of sp³-hybridized carbons (Fsp3) is 0.357. The lowest BCUT2D eigenvalue weighted by Gasteiger charge is -2.18. The van der Waals surface area contributed by atoms with Crippen molar-refractivity contribution in [2.75, 3.05) is 12.3 Å². The number of carbonyl (C=O) groups is 3. The normalized spacial score (nSPS) is 13.0. The van der Waals surface area contributed by atoms with Crippen molar-refractivity contribution in [2.45, 2.75) is 18.5 Å². The molecule has 8 heteroatoms. The molecule has 2 atom stereocenters. The highest BCUT2D eigenvalue weighted by Gasteiger charge is 2.23. The third-order valence-electron chi connectivity index (χ3n) is 2.86. The van der Waals surface area contributed by atoms with E-state index in [9.17, 15) is 14.4 Å². The van der Waals surface area contributed by atoms with Gasteiger partial charge in [0.25, 0.3) is 0 Å². The van der Waals surface area contributed by atoms with Crippen molar-refractivity contribution in [3.05, 3.63) is 35.9 Å². The third-order valence-corrected chi connectivity index (χ3v) is 3.23. The molecule has 1 aromatic carbocycles. The van der Waals surface area contributed by atoms with Crippen LogP contribution in [0.2, 0.25) is 0 Å². The molecule has 22 heavy (non-hydrogen) atoms. The number of amides is 2. The van der Waals surface area contributed by atoms with E-state index in [1.165, 1.54) is 0 Å². The molecular formula is C14H19N3O4S. The van der Waals surface area contributed by atoms with Crippen LogP contribution in [0.1, 0.15) is 5.56 Å². The summed E-state index contributed by atoms with van der Waals surface area (Å²) in [7, 11) is 0. The minimum Gasteiger partial charge on any atom is -0.480 e. The van der Waals surface area contributed by atoms with Crippen LogP contribution in [0.5, 0.6) is 0 Å². The predicted molar refractivity (Wildman–Crippen MR) is 84.6 cm³/mol. The molecule has 1 rings (SSSR count). The highest BCUT2D eigenvalue weighted by molar-refractivity contribution is 7.80. The Morgan fingerprint density at radius 1 is 1.18 bits per heavy atom. The van der Waals surface area contributed by atoms with E-state index in [0.717, 1.165) is 5.56 Å². The molecule has 0 aliphatic rings. The van der Waals surface area contributed by atoms with Gasteiger partial charge in [-0.05, 0) is 12.0 Å². The Bertz CT molecular complexity index is 524. The second-order valence-electron chi connectivity index (χ2n) is 4.65. The maximum Gasteiger partial charge on any atom is 0.322 e. The number of aliphatic carboxylic acids is 1. The van der Waals surface area contributed by atoms with E-state index in [-0.39, 0.29) is 5.75 Å². The largest absolute Gasteiger partial charge is 0.480 e. The molecule has 120 valence electrons. The van der Waals surface area contributed by atoms with Crippen LogP contribution >= 0.6 is 12.6 Å². The number of hydrogen-bond acceptors (Lipinski definition) is 5. The number of carboxylic acid groups (broad SMARTS) is 1. The van der Waals surface area contributed by atoms with Crippen LogP contribution in [0, 0.1) is 0 Å². The van der Waals surface area contributed by atoms with Crippen LogP contribution in [0.4, 0.5) is 0 Å². The van der Waals surface area contributed by atoms with Crippen molar-refractivity contribution in [1.82, 2.24) is 10.6 Å². The average Bonchev–Trinajstić information content (AvgIpc) is 2.50. The zero-order chi connectivity index (χ0) is 16.5. The average molecular weight is 325 g/mol. The minimum absolute atomic E-state index is 0.0370. The maximum absolute atomic E-state index is 12.0. The quantitative estimate of drug-likeness (QED) is 0.400. The molecule has 0 radical (unpaired) electrons. The molecule has 0 spiro atoms. The molecule has 0 saturated carbocycles. The number of hydrogen-bond donors (Lipinski definition) is 5. The second kappa shape index (κ2) is 9.06. The van der Waals surface area contributed by atoms with E-state index in [4.69, 9.17) is 10.8 Å². The van der Waals surface area contributed by atoms with Gasteiger partial charge in [0.05, 0.1) is 6.04 Å². The molecule has 0 bridgehead atoms. The van der Waals surface area contributed by atoms with Crippen molar-refractivity contribution in [3.63, 3.8) is 0 Å². The molecule has 5 N–H and O–H groups in total. The fourth-order valence-corrected chi connectivity index (χ4v) is 1.98. The van der Waals surface area contributed by atoms with Gasteiger partial charge in [-0.2, -0.15) is 12.6 Å². The Balaban J connectivity index is 2.53. The van der Waals surface area contributed by atoms with E-state index in [1.54, 1.807) is 0 Å². The summed E-state index contributed by atoms with van der Waals surface area (Å²) in [4.78, 5) is 34.1. The first-order chi connectivity index (χ1) is 10.4. The van der Waals surface area contributed by atoms with Gasteiger partial charge in [0.15, 0.2) is 0 Å². The van der Waals surface area contributed by atoms with Crippen molar-refractivity contribution < 1.29 is 19.5 Å². The Kier molecular flexibility index (Phi) is 7.41. The summed E-state index contributed by atoms with van der Waals surface area (Å²) in [5.74, 6) is -2.24. The number of thiol groups is 1. The van der Waals surface area contributed by atoms with E-state index >= 15 is 0 Å². The maximum atomic E-state index is 12.0. The molecule has 2 unspecified atom stereocenters. The van der Waals surface area contributed by atoms with E-state index in [2.05, 4.69) is 23.3 Å². The SMILES string of the molecule is NC(Cc1ccccc1)C(=O)NC(CS)C(=O)NCC(=O)O. The summed E-state index contributed by atoms with van der Waals surface area (Å²) < 4.78 is 0. The van der Waals surface area contributed by atoms with Crippen LogP contribution in [0.25, 0.3) is 0 Å². The monoisotopic (exact) mass is 325 g/mol. The molecule has 1 aromatic rings. The lowest BCUT2D eigenvalue weighted by Crippen LogP contribution is -2.53. The van der Waals surface area contributed by atoms with Gasteiger partial charge in [0.1, 0.15) is 12.6 Å². The summed E-state index contributed by atoms with van der Waals surface area (Å²) >= 11 is 3.98. The van der Waals surface area contributed by atoms with Gasteiger partial charge in [-0.3, -0.25) is 14.4 Å². The van der Waals surface area contributed by atoms with Crippen LogP contribution in [-0.2, 0) is 20.8 Å². The first kappa shape index (κ1) is 18.0. The smallest absolute Gasteiger partial charge is 0.322 e. The lowest BCUT2D eigenvalue weighted by molar-refractivity contribution is -0.138. The predicted octanol–water partition coefficient (Wildman–Crippen LogP) is -0.828. The van der Waals surface area contributed by atoms with Crippen LogP contribution in [-0.4, -0.2) is 47.3 Å². The number of nitrogens with one attached hydrogen (secondary N) is 2. The highest BCUT2D eigenvalue weighted by atomic mass is 32.1. The number of carboxylic acids is 1. The molecule has 0 aliphatic heterocycles. The van der Waals surface area contributed by atoms with Crippen molar-refractivity contribution in [1.29, 1.82) is 0 Å². The highest BCUT2D eigenvalue weighted by Crippen LogP contribution is 2.02. The Hall–Kier alpha value is -2.06. The van der Waals surface area contributed by atoms with Crippen molar-refractivity contribution >= 4 is 30.4 Å². The van der Waals surface area contributed by atoms with Gasteiger partial charge >= 0.3 is 5.97 Å². The van der Waals surface area contributed by atoms with E-state index in [0.29, 0.717) is 6.42 Å². The van der Waals surface area contributed by atoms with Gasteiger partial charge in [-0.1, -0.05) is 30.3 Å². The molecular weight excluding hydrogens is 306 g/mol. The van der Waals surface area contributed by atoms with Gasteiger partial charge < -0.3 is 21.5 Å². The molecule has 0 heterocycles. The van der Waals surface area contributed by atoms with Crippen LogP contribution in [0.3, 0.4) is 0 Å². The summed E-state index contributed by atoms with van der Waals surface area (Å²) in [6.45, 7) is -0.519. The van der Waals surface area contributed by atoms with Crippen LogP contribution < -0.4 is 16.4 Å². The van der Waals surface area contributed by atoms with Gasteiger partial charge in [-0.25, -0.2) is 0 Å². The van der Waals surface area contributed by atoms with E-state index < -0.39 is 36.4 Å². The Morgan fingerprint density at radius 3 is 2.36 bits per heavy atom. The van der Waals surface area contributed by atoms with Crippen LogP contribution in [0.15, 0.2) is 30.3 Å². The summed E-state index contributed by atoms with van der Waals surface area (Å²) in [5, 5.41) is 13.2. The standard InChI is InChI=1S/C14H19N3O4S/c15-10(6-9-4-2-1-3-5-9)13(20)17-11(8-22)14(21)16-7-12(18)19/h1-5,10-11,22H,6-8,15H2,(H,16,21)(H,17,20)(H,18,19). The van der Waals surface area contributed by atoms with Gasteiger partial charge in [0.2, 0.25) is 11.8 Å². The number of nitrogens with two attached hydrogens (primary N) is 1. The molecule has 0 saturated heterocycles. The molecule has 0 aliphatic carbocycles. The van der Waals surface area contributed by atoms with Crippen molar-refractivity contribution in [2.24, 2.45) is 5.73 Å². The van der Waals surface area contributed by atoms with Gasteiger partial charge in [0, 0.05) is 5.75 Å². The number of carbonyl (C=O) groups excluding carboxylic acids is 2. The Labute approximate surface area is 133 Å². The van der Waals surface area contributed by atoms with Gasteiger partial charge in [-0.15, -0.1) is 0 Å². The summed E-state index contributed by atoms with van der Waals surface area (Å²) in [6, 6.07) is 7.50. The molecule has 0 fully saturated rings. The summed E-state index contributed by atoms with van der Waals surface area (Å²) in [6.07, 6.45) is 0.336. The Morgan fingerprint density at radius 2 is 1.82 bits per heavy atom. The zero-order valence-corrected chi connectivity index (χ0v) is 12.8. The zero-order valence-electron chi connectivity index (χ0n) is 11.9. The minimum atomic E-state index is -1.17. The molecule has 2 amide bonds. The first-order valence-corrected chi connectivity index (χ1v) is 7.27. The summed E-state index contributed by atoms with van der Waals surface area (Å²) in [5.41, 5.74) is 6.72. The fourth-order valence-electron chi connectivity index (χ4n) is 1.72. The molecule has 0 aromatic heterocycles. The lowest BCUT2D eigenvalue weighted by atomic mass is 10.1.